The van der Waals surface area contributed by atoms with Crippen LogP contribution in [0.4, 0.5) is 0 Å². The summed E-state index contributed by atoms with van der Waals surface area (Å²) in [5.41, 5.74) is 1.02. The number of rotatable bonds is 8. The monoisotopic (exact) mass is 554 g/mol. The van der Waals surface area contributed by atoms with Crippen molar-refractivity contribution in [1.29, 1.82) is 0 Å². The van der Waals surface area contributed by atoms with Crippen molar-refractivity contribution in [2.45, 2.75) is 16.2 Å². The smallest absolute Gasteiger partial charge is 0.238 e. The second-order valence-corrected chi connectivity index (χ2v) is 8.83. The summed E-state index contributed by atoms with van der Waals surface area (Å²) in [6, 6.07) is 14.3. The number of primary sulfonamides is 1. The molecule has 0 aliphatic rings. The maximum atomic E-state index is 11.3. The minimum Gasteiger partial charge on any atom is -0.356 e. The number of nitrogens with zero attached hydrogens (tertiary/aromatic N) is 1. The summed E-state index contributed by atoms with van der Waals surface area (Å²) >= 11 is 7.62. The van der Waals surface area contributed by atoms with Crippen molar-refractivity contribution < 1.29 is 8.42 Å². The highest BCUT2D eigenvalue weighted by Gasteiger charge is 2.06. The van der Waals surface area contributed by atoms with E-state index in [0.29, 0.717) is 6.54 Å². The Morgan fingerprint density at radius 2 is 1.68 bits per heavy atom. The SMILES string of the molecule is CN=C(NCCSc1ccc(Cl)cc1)NCCc1ccc(S(N)(=O)=O)cc1.I. The van der Waals surface area contributed by atoms with Gasteiger partial charge in [0.05, 0.1) is 4.90 Å². The number of hydrogen-bond acceptors (Lipinski definition) is 4. The molecule has 0 saturated heterocycles. The number of benzene rings is 2. The van der Waals surface area contributed by atoms with Gasteiger partial charge < -0.3 is 10.6 Å². The summed E-state index contributed by atoms with van der Waals surface area (Å²) in [7, 11) is -1.92. The molecule has 0 radical (unpaired) electrons. The fraction of sp³-hybridized carbons (Fsp3) is 0.278. The average Bonchev–Trinajstić information content (AvgIpc) is 2.65. The van der Waals surface area contributed by atoms with E-state index < -0.39 is 10.0 Å². The van der Waals surface area contributed by atoms with Crippen LogP contribution < -0.4 is 15.8 Å². The summed E-state index contributed by atoms with van der Waals surface area (Å²) in [6.45, 7) is 1.45. The fourth-order valence-electron chi connectivity index (χ4n) is 2.26. The second kappa shape index (κ2) is 12.5. The quantitative estimate of drug-likeness (QED) is 0.153. The zero-order valence-corrected chi connectivity index (χ0v) is 20.1. The lowest BCUT2D eigenvalue weighted by atomic mass is 10.1. The van der Waals surface area contributed by atoms with Crippen LogP contribution in [0, 0.1) is 0 Å². The topological polar surface area (TPSA) is 96.6 Å². The van der Waals surface area contributed by atoms with E-state index in [1.165, 1.54) is 17.0 Å². The standard InChI is InChI=1S/C18H23ClN4O2S2.HI/c1-21-18(23-12-13-26-16-6-4-15(19)5-7-16)22-11-10-14-2-8-17(9-3-14)27(20,24)25;/h2-9H,10-13H2,1H3,(H2,20,24,25)(H2,21,22,23);1H. The summed E-state index contributed by atoms with van der Waals surface area (Å²) in [4.78, 5) is 5.49. The van der Waals surface area contributed by atoms with Crippen molar-refractivity contribution >= 4 is 63.3 Å². The zero-order valence-electron chi connectivity index (χ0n) is 15.4. The first-order chi connectivity index (χ1) is 12.9. The maximum Gasteiger partial charge on any atom is 0.238 e. The average molecular weight is 555 g/mol. The van der Waals surface area contributed by atoms with Gasteiger partial charge in [-0.3, -0.25) is 4.99 Å². The Kier molecular flexibility index (Phi) is 11.2. The first kappa shape index (κ1) is 25.0. The lowest BCUT2D eigenvalue weighted by Crippen LogP contribution is -2.39. The van der Waals surface area contributed by atoms with Crippen molar-refractivity contribution in [3.63, 3.8) is 0 Å². The predicted molar refractivity (Wildman–Crippen MR) is 128 cm³/mol. The van der Waals surface area contributed by atoms with E-state index in [-0.39, 0.29) is 28.9 Å². The molecule has 0 spiro atoms. The second-order valence-electron chi connectivity index (χ2n) is 5.67. The normalized spacial score (nSPS) is 11.6. The molecule has 10 heteroatoms. The third-order valence-electron chi connectivity index (χ3n) is 3.66. The Hall–Kier alpha value is -1.01. The summed E-state index contributed by atoms with van der Waals surface area (Å²) in [6.07, 6.45) is 0.741. The largest absolute Gasteiger partial charge is 0.356 e. The molecular formula is C18H24ClIN4O2S2. The zero-order chi connectivity index (χ0) is 19.7. The molecule has 28 heavy (non-hydrogen) atoms. The molecule has 6 nitrogen and oxygen atoms in total. The number of nitrogens with two attached hydrogens (primary N) is 1. The van der Waals surface area contributed by atoms with E-state index in [4.69, 9.17) is 16.7 Å². The van der Waals surface area contributed by atoms with Crippen LogP contribution in [0.3, 0.4) is 0 Å². The number of hydrogen-bond donors (Lipinski definition) is 3. The van der Waals surface area contributed by atoms with E-state index in [0.717, 1.165) is 35.3 Å². The van der Waals surface area contributed by atoms with Gasteiger partial charge >= 0.3 is 0 Å². The molecule has 0 aromatic heterocycles. The highest BCUT2D eigenvalue weighted by molar-refractivity contribution is 14.0. The highest BCUT2D eigenvalue weighted by atomic mass is 127. The molecule has 0 aliphatic heterocycles. The van der Waals surface area contributed by atoms with Crippen molar-refractivity contribution in [3.8, 4) is 0 Å². The molecule has 0 bridgehead atoms. The predicted octanol–water partition coefficient (Wildman–Crippen LogP) is 3.11. The van der Waals surface area contributed by atoms with Crippen LogP contribution in [0.2, 0.25) is 5.02 Å². The molecule has 2 rings (SSSR count). The number of sulfonamides is 1. The van der Waals surface area contributed by atoms with Crippen LogP contribution >= 0.6 is 47.3 Å². The first-order valence-electron chi connectivity index (χ1n) is 8.33. The molecule has 2 aromatic carbocycles. The molecular weight excluding hydrogens is 531 g/mol. The van der Waals surface area contributed by atoms with Crippen molar-refractivity contribution in [3.05, 3.63) is 59.1 Å². The van der Waals surface area contributed by atoms with Crippen molar-refractivity contribution in [1.82, 2.24) is 10.6 Å². The highest BCUT2D eigenvalue weighted by Crippen LogP contribution is 2.19. The van der Waals surface area contributed by atoms with Crippen LogP contribution in [0.5, 0.6) is 0 Å². The van der Waals surface area contributed by atoms with E-state index in [2.05, 4.69) is 15.6 Å². The molecule has 154 valence electrons. The van der Waals surface area contributed by atoms with Gasteiger partial charge in [0.15, 0.2) is 5.96 Å². The third-order valence-corrected chi connectivity index (χ3v) is 5.85. The maximum absolute atomic E-state index is 11.3. The Bertz CT molecular complexity index is 860. The van der Waals surface area contributed by atoms with E-state index in [9.17, 15) is 8.42 Å². The van der Waals surface area contributed by atoms with Gasteiger partial charge in [0.2, 0.25) is 10.0 Å². The molecule has 0 fully saturated rings. The van der Waals surface area contributed by atoms with Crippen LogP contribution in [0.15, 0.2) is 63.3 Å². The molecule has 0 heterocycles. The fourth-order valence-corrected chi connectivity index (χ4v) is 3.67. The molecule has 0 unspecified atom stereocenters. The lowest BCUT2D eigenvalue weighted by molar-refractivity contribution is 0.598. The van der Waals surface area contributed by atoms with Gasteiger partial charge in [-0.2, -0.15) is 0 Å². The minimum absolute atomic E-state index is 0. The van der Waals surface area contributed by atoms with Gasteiger partial charge in [0.25, 0.3) is 0 Å². The summed E-state index contributed by atoms with van der Waals surface area (Å²) in [5.74, 6) is 1.63. The summed E-state index contributed by atoms with van der Waals surface area (Å²) in [5, 5.41) is 12.3. The molecule has 0 amide bonds. The Morgan fingerprint density at radius 1 is 1.07 bits per heavy atom. The minimum atomic E-state index is -3.65. The first-order valence-corrected chi connectivity index (χ1v) is 11.2. The molecule has 2 aromatic rings. The summed E-state index contributed by atoms with van der Waals surface area (Å²) < 4.78 is 22.5. The van der Waals surface area contributed by atoms with E-state index in [1.54, 1.807) is 30.9 Å². The molecule has 0 saturated carbocycles. The van der Waals surface area contributed by atoms with Gasteiger partial charge in [-0.25, -0.2) is 13.6 Å². The number of halogens is 2. The van der Waals surface area contributed by atoms with Crippen LogP contribution in [0.1, 0.15) is 5.56 Å². The third kappa shape index (κ3) is 8.99. The van der Waals surface area contributed by atoms with Crippen molar-refractivity contribution in [2.24, 2.45) is 10.1 Å². The lowest BCUT2D eigenvalue weighted by Gasteiger charge is -2.12. The number of guanidine groups is 1. The van der Waals surface area contributed by atoms with Gasteiger partial charge in [-0.15, -0.1) is 35.7 Å². The van der Waals surface area contributed by atoms with Crippen LogP contribution in [0.25, 0.3) is 0 Å². The van der Waals surface area contributed by atoms with Crippen molar-refractivity contribution in [2.75, 3.05) is 25.9 Å². The van der Waals surface area contributed by atoms with Gasteiger partial charge in [-0.1, -0.05) is 23.7 Å². The van der Waals surface area contributed by atoms with E-state index >= 15 is 0 Å². The Balaban J connectivity index is 0.00000392. The van der Waals surface area contributed by atoms with Crippen LogP contribution in [-0.4, -0.2) is 40.3 Å². The Morgan fingerprint density at radius 3 is 2.25 bits per heavy atom. The van der Waals surface area contributed by atoms with Gasteiger partial charge in [0, 0.05) is 35.8 Å². The van der Waals surface area contributed by atoms with E-state index in [1.807, 2.05) is 24.3 Å². The number of aliphatic imine (C=N–C) groups is 1. The molecule has 0 atom stereocenters. The molecule has 4 N–H and O–H groups in total. The van der Waals surface area contributed by atoms with Gasteiger partial charge in [-0.05, 0) is 48.4 Å². The number of nitrogens with one attached hydrogen (secondary N) is 2. The van der Waals surface area contributed by atoms with Gasteiger partial charge in [0.1, 0.15) is 0 Å². The Labute approximate surface area is 192 Å². The van der Waals surface area contributed by atoms with Crippen LogP contribution in [-0.2, 0) is 16.4 Å². The number of thioether (sulfide) groups is 1. The molecule has 0 aliphatic carbocycles.